The van der Waals surface area contributed by atoms with Crippen molar-refractivity contribution in [1.29, 1.82) is 0 Å². The van der Waals surface area contributed by atoms with Crippen molar-refractivity contribution in [3.63, 3.8) is 0 Å². The van der Waals surface area contributed by atoms with Crippen LogP contribution in [0.25, 0.3) is 0 Å². The van der Waals surface area contributed by atoms with Gasteiger partial charge in [0.2, 0.25) is 5.91 Å². The molecule has 0 aliphatic rings. The Balaban J connectivity index is 1.60. The minimum Gasteiger partial charge on any atom is -0.483 e. The molecule has 3 rings (SSSR count). The number of nitrogens with one attached hydrogen (secondary N) is 1. The van der Waals surface area contributed by atoms with Crippen molar-refractivity contribution in [1.82, 2.24) is 20.1 Å². The van der Waals surface area contributed by atoms with E-state index < -0.39 is 5.82 Å². The molecule has 0 radical (unpaired) electrons. The van der Waals surface area contributed by atoms with Gasteiger partial charge in [-0.05, 0) is 30.7 Å². The van der Waals surface area contributed by atoms with Gasteiger partial charge in [0.15, 0.2) is 22.5 Å². The number of rotatable bonds is 10. The molecule has 1 amide bonds. The Labute approximate surface area is 189 Å². The molecule has 0 bridgehead atoms. The molecule has 1 aromatic heterocycles. The normalized spacial score (nSPS) is 11.7. The van der Waals surface area contributed by atoms with Crippen LogP contribution in [0.3, 0.4) is 0 Å². The molecule has 31 heavy (non-hydrogen) atoms. The van der Waals surface area contributed by atoms with Crippen molar-refractivity contribution in [3.8, 4) is 5.75 Å². The second-order valence-corrected chi connectivity index (χ2v) is 7.97. The lowest BCUT2D eigenvalue weighted by atomic mass is 10.1. The highest BCUT2D eigenvalue weighted by Crippen LogP contribution is 2.23. The largest absolute Gasteiger partial charge is 0.483 e. The summed E-state index contributed by atoms with van der Waals surface area (Å²) in [5, 5.41) is 12.4. The molecule has 1 unspecified atom stereocenters. The maximum atomic E-state index is 13.8. The maximum absolute atomic E-state index is 13.8. The first kappa shape index (κ1) is 22.8. The van der Waals surface area contributed by atoms with Crippen molar-refractivity contribution in [3.05, 3.63) is 83.4 Å². The molecule has 0 saturated heterocycles. The molecular formula is C22H22ClFN4O2S. The van der Waals surface area contributed by atoms with Crippen molar-refractivity contribution in [2.75, 3.05) is 5.75 Å². The average Bonchev–Trinajstić information content (AvgIpc) is 3.14. The highest BCUT2D eigenvalue weighted by molar-refractivity contribution is 7.99. The van der Waals surface area contributed by atoms with E-state index in [1.54, 1.807) is 34.9 Å². The summed E-state index contributed by atoms with van der Waals surface area (Å²) in [5.74, 6) is 0.192. The lowest BCUT2D eigenvalue weighted by Crippen LogP contribution is -2.28. The van der Waals surface area contributed by atoms with Gasteiger partial charge in [-0.25, -0.2) is 4.39 Å². The van der Waals surface area contributed by atoms with E-state index in [2.05, 4.69) is 22.1 Å². The Morgan fingerprint density at radius 2 is 2.03 bits per heavy atom. The number of para-hydroxylation sites is 1. The minimum absolute atomic E-state index is 0.0398. The van der Waals surface area contributed by atoms with E-state index >= 15 is 0 Å². The molecule has 0 aliphatic heterocycles. The van der Waals surface area contributed by atoms with Crippen molar-refractivity contribution < 1.29 is 13.9 Å². The fraction of sp³-hybridized carbons (Fsp3) is 0.227. The summed E-state index contributed by atoms with van der Waals surface area (Å²) in [6.07, 6.45) is 1.69. The van der Waals surface area contributed by atoms with Gasteiger partial charge in [0, 0.05) is 11.6 Å². The fourth-order valence-electron chi connectivity index (χ4n) is 2.87. The number of halogens is 2. The Bertz CT molecular complexity index is 1060. The summed E-state index contributed by atoms with van der Waals surface area (Å²) < 4.78 is 21.1. The van der Waals surface area contributed by atoms with Crippen LogP contribution in [0.4, 0.5) is 4.39 Å². The first-order valence-electron chi connectivity index (χ1n) is 9.56. The molecule has 1 atom stereocenters. The fourth-order valence-corrected chi connectivity index (χ4v) is 3.94. The summed E-state index contributed by atoms with van der Waals surface area (Å²) in [6.45, 7) is 6.10. The number of carbonyl (C=O) groups excluding carboxylic acids is 1. The predicted octanol–water partition coefficient (Wildman–Crippen LogP) is 4.81. The third-order valence-electron chi connectivity index (χ3n) is 4.38. The summed E-state index contributed by atoms with van der Waals surface area (Å²) >= 11 is 7.44. The van der Waals surface area contributed by atoms with E-state index in [4.69, 9.17) is 16.3 Å². The van der Waals surface area contributed by atoms with Crippen LogP contribution in [0.15, 0.2) is 66.3 Å². The molecule has 3 aromatic rings. The number of benzene rings is 2. The van der Waals surface area contributed by atoms with Crippen LogP contribution in [0.2, 0.25) is 5.02 Å². The van der Waals surface area contributed by atoms with E-state index in [1.807, 2.05) is 25.1 Å². The molecule has 0 fully saturated rings. The van der Waals surface area contributed by atoms with E-state index in [9.17, 15) is 9.18 Å². The lowest BCUT2D eigenvalue weighted by molar-refractivity contribution is -0.119. The molecule has 0 saturated carbocycles. The Morgan fingerprint density at radius 1 is 1.29 bits per heavy atom. The van der Waals surface area contributed by atoms with Gasteiger partial charge in [0.1, 0.15) is 6.61 Å². The second-order valence-electron chi connectivity index (χ2n) is 6.62. The number of thioether (sulfide) groups is 1. The van der Waals surface area contributed by atoms with Gasteiger partial charge in [0.05, 0.1) is 11.8 Å². The topological polar surface area (TPSA) is 69.0 Å². The zero-order chi connectivity index (χ0) is 22.2. The van der Waals surface area contributed by atoms with Crippen LogP contribution in [-0.2, 0) is 17.9 Å². The molecule has 2 aromatic carbocycles. The van der Waals surface area contributed by atoms with Gasteiger partial charge in [-0.3, -0.25) is 9.36 Å². The first-order chi connectivity index (χ1) is 15.0. The van der Waals surface area contributed by atoms with Crippen LogP contribution in [0, 0.1) is 5.82 Å². The predicted molar refractivity (Wildman–Crippen MR) is 120 cm³/mol. The first-order valence-corrected chi connectivity index (χ1v) is 10.9. The zero-order valence-corrected chi connectivity index (χ0v) is 18.5. The second kappa shape index (κ2) is 11.0. The smallest absolute Gasteiger partial charge is 0.230 e. The molecule has 0 aliphatic carbocycles. The van der Waals surface area contributed by atoms with E-state index in [-0.39, 0.29) is 30.1 Å². The number of hydrogen-bond acceptors (Lipinski definition) is 5. The highest BCUT2D eigenvalue weighted by atomic mass is 35.5. The number of carbonyl (C=O) groups is 1. The Morgan fingerprint density at radius 3 is 2.77 bits per heavy atom. The molecule has 9 heteroatoms. The van der Waals surface area contributed by atoms with Crippen LogP contribution in [0.5, 0.6) is 5.75 Å². The number of aromatic nitrogens is 3. The molecule has 6 nitrogen and oxygen atoms in total. The van der Waals surface area contributed by atoms with Gasteiger partial charge in [0.25, 0.3) is 0 Å². The summed E-state index contributed by atoms with van der Waals surface area (Å²) in [7, 11) is 0. The lowest BCUT2D eigenvalue weighted by Gasteiger charge is -2.15. The zero-order valence-electron chi connectivity index (χ0n) is 16.9. The quantitative estimate of drug-likeness (QED) is 0.347. The number of ether oxygens (including phenoxy) is 1. The van der Waals surface area contributed by atoms with Gasteiger partial charge in [-0.15, -0.1) is 16.8 Å². The third-order valence-corrected chi connectivity index (χ3v) is 5.69. The minimum atomic E-state index is -0.448. The van der Waals surface area contributed by atoms with Gasteiger partial charge in [-0.1, -0.05) is 59.8 Å². The summed E-state index contributed by atoms with van der Waals surface area (Å²) in [4.78, 5) is 12.4. The van der Waals surface area contributed by atoms with Crippen LogP contribution in [0.1, 0.15) is 24.4 Å². The number of hydrogen-bond donors (Lipinski definition) is 1. The molecular weight excluding hydrogens is 439 g/mol. The molecule has 162 valence electrons. The average molecular weight is 461 g/mol. The van der Waals surface area contributed by atoms with E-state index in [0.717, 1.165) is 5.56 Å². The van der Waals surface area contributed by atoms with Gasteiger partial charge in [-0.2, -0.15) is 0 Å². The number of nitrogens with zero attached hydrogens (tertiary/aromatic N) is 3. The van der Waals surface area contributed by atoms with Crippen molar-refractivity contribution in [2.24, 2.45) is 0 Å². The monoisotopic (exact) mass is 460 g/mol. The van der Waals surface area contributed by atoms with Gasteiger partial charge < -0.3 is 10.1 Å². The Hall–Kier alpha value is -2.84. The van der Waals surface area contributed by atoms with Gasteiger partial charge >= 0.3 is 0 Å². The third kappa shape index (κ3) is 6.08. The summed E-state index contributed by atoms with van der Waals surface area (Å²) in [6, 6.07) is 13.3. The number of allylic oxidation sites excluding steroid dienone is 1. The van der Waals surface area contributed by atoms with E-state index in [0.29, 0.717) is 22.5 Å². The summed E-state index contributed by atoms with van der Waals surface area (Å²) in [5.41, 5.74) is 0.852. The maximum Gasteiger partial charge on any atom is 0.230 e. The van der Waals surface area contributed by atoms with E-state index in [1.165, 1.54) is 17.8 Å². The van der Waals surface area contributed by atoms with Crippen LogP contribution >= 0.6 is 23.4 Å². The molecule has 1 N–H and O–H groups in total. The molecule has 0 spiro atoms. The highest BCUT2D eigenvalue weighted by Gasteiger charge is 2.17. The standard InChI is InChI=1S/C22H22ClFN4O2S/c1-3-12-28-20(13-30-19-11-7-6-10-18(19)24)26-27-22(28)31-14-21(29)25-15(2)16-8-4-5-9-17(16)23/h3-11,15H,1,12-14H2,2H3,(H,25,29). The van der Waals surface area contributed by atoms with Crippen molar-refractivity contribution >= 4 is 29.3 Å². The Kier molecular flexibility index (Phi) is 8.08. The SMILES string of the molecule is C=CCn1c(COc2ccccc2F)nnc1SCC(=O)NC(C)c1ccccc1Cl. The van der Waals surface area contributed by atoms with Crippen LogP contribution < -0.4 is 10.1 Å². The van der Waals surface area contributed by atoms with Crippen LogP contribution in [-0.4, -0.2) is 26.4 Å². The molecule has 1 heterocycles. The van der Waals surface area contributed by atoms with Crippen molar-refractivity contribution in [2.45, 2.75) is 31.3 Å². The number of amides is 1.